The molecule has 2 heterocycles. The van der Waals surface area contributed by atoms with Crippen molar-refractivity contribution in [3.05, 3.63) is 51.7 Å². The van der Waals surface area contributed by atoms with Crippen molar-refractivity contribution in [2.24, 2.45) is 5.92 Å². The minimum absolute atomic E-state index is 0.00287. The second-order valence-electron chi connectivity index (χ2n) is 6.52. The van der Waals surface area contributed by atoms with E-state index < -0.39 is 0 Å². The number of amides is 1. The zero-order valence-electron chi connectivity index (χ0n) is 14.5. The summed E-state index contributed by atoms with van der Waals surface area (Å²) >= 11 is 1.42. The van der Waals surface area contributed by atoms with E-state index >= 15 is 0 Å². The predicted molar refractivity (Wildman–Crippen MR) is 98.5 cm³/mol. The summed E-state index contributed by atoms with van der Waals surface area (Å²) in [6.07, 6.45) is 3.71. The average Bonchev–Trinajstić information content (AvgIpc) is 3.10. The Labute approximate surface area is 152 Å². The van der Waals surface area contributed by atoms with E-state index in [1.807, 2.05) is 18.0 Å². The van der Waals surface area contributed by atoms with Crippen LogP contribution in [0.4, 0.5) is 4.39 Å². The first-order valence-corrected chi connectivity index (χ1v) is 9.67. The maximum absolute atomic E-state index is 13.8. The third kappa shape index (κ3) is 4.64. The minimum atomic E-state index is -0.228. The zero-order chi connectivity index (χ0) is 17.6. The van der Waals surface area contributed by atoms with Gasteiger partial charge in [-0.25, -0.2) is 9.37 Å². The van der Waals surface area contributed by atoms with Gasteiger partial charge in [0.1, 0.15) is 11.5 Å². The van der Waals surface area contributed by atoms with Crippen LogP contribution in [0.5, 0.6) is 0 Å². The number of likely N-dealkylation sites (tertiary alicyclic amines) is 1. The Morgan fingerprint density at radius 2 is 2.12 bits per heavy atom. The molecule has 3 rings (SSSR count). The quantitative estimate of drug-likeness (QED) is 0.858. The van der Waals surface area contributed by atoms with E-state index in [1.165, 1.54) is 23.8 Å². The second kappa shape index (κ2) is 8.54. The number of halogens is 1. The number of aromatic nitrogens is 1. The molecular formula is C19H24FN3OS. The lowest BCUT2D eigenvalue weighted by Crippen LogP contribution is -2.39. The van der Waals surface area contributed by atoms with Crippen molar-refractivity contribution < 1.29 is 9.18 Å². The number of nitrogens with one attached hydrogen (secondary N) is 1. The maximum Gasteiger partial charge on any atom is 0.273 e. The number of hydrogen-bond acceptors (Lipinski definition) is 4. The molecule has 134 valence electrons. The van der Waals surface area contributed by atoms with Crippen molar-refractivity contribution >= 4 is 17.2 Å². The van der Waals surface area contributed by atoms with E-state index in [1.54, 1.807) is 17.5 Å². The minimum Gasteiger partial charge on any atom is -0.337 e. The van der Waals surface area contributed by atoms with Gasteiger partial charge < -0.3 is 10.2 Å². The molecule has 0 bridgehead atoms. The number of nitrogens with zero attached hydrogens (tertiary/aromatic N) is 2. The fraction of sp³-hybridized carbons (Fsp3) is 0.474. The highest BCUT2D eigenvalue weighted by Gasteiger charge is 2.24. The van der Waals surface area contributed by atoms with Crippen molar-refractivity contribution in [1.29, 1.82) is 0 Å². The van der Waals surface area contributed by atoms with Gasteiger partial charge in [0.2, 0.25) is 0 Å². The molecule has 1 N–H and O–H groups in total. The van der Waals surface area contributed by atoms with Crippen molar-refractivity contribution in [2.45, 2.75) is 25.7 Å². The van der Waals surface area contributed by atoms with Crippen LogP contribution in [0.2, 0.25) is 0 Å². The molecule has 1 amide bonds. The van der Waals surface area contributed by atoms with Crippen LogP contribution < -0.4 is 5.32 Å². The highest BCUT2D eigenvalue weighted by atomic mass is 32.1. The molecule has 1 fully saturated rings. The summed E-state index contributed by atoms with van der Waals surface area (Å²) in [6, 6.07) is 6.70. The molecule has 2 aromatic rings. The standard InChI is InChI=1S/C19H24FN3OS/c1-21-9-6-14-7-10-23(11-8-14)19(24)17-13-25-18(22-17)12-15-4-2-3-5-16(15)20/h2-5,13-14,21H,6-12H2,1H3. The lowest BCUT2D eigenvalue weighted by molar-refractivity contribution is 0.0682. The number of piperidine rings is 1. The number of rotatable bonds is 6. The monoisotopic (exact) mass is 361 g/mol. The summed E-state index contributed by atoms with van der Waals surface area (Å²) in [6.45, 7) is 2.63. The van der Waals surface area contributed by atoms with Crippen LogP contribution in [-0.4, -0.2) is 42.5 Å². The highest BCUT2D eigenvalue weighted by molar-refractivity contribution is 7.09. The molecule has 0 unspecified atom stereocenters. The number of benzene rings is 1. The lowest BCUT2D eigenvalue weighted by atomic mass is 9.93. The van der Waals surface area contributed by atoms with Crippen molar-refractivity contribution in [3.63, 3.8) is 0 Å². The zero-order valence-corrected chi connectivity index (χ0v) is 15.3. The molecule has 1 aliphatic rings. The van der Waals surface area contributed by atoms with E-state index in [2.05, 4.69) is 10.3 Å². The normalized spacial score (nSPS) is 15.5. The topological polar surface area (TPSA) is 45.2 Å². The molecule has 0 aliphatic carbocycles. The summed E-state index contributed by atoms with van der Waals surface area (Å²) in [5.41, 5.74) is 1.10. The van der Waals surface area contributed by atoms with E-state index in [-0.39, 0.29) is 11.7 Å². The molecule has 1 aromatic heterocycles. The Hall–Kier alpha value is -1.79. The molecule has 0 spiro atoms. The first kappa shape index (κ1) is 18.0. The average molecular weight is 361 g/mol. The number of hydrogen-bond donors (Lipinski definition) is 1. The van der Waals surface area contributed by atoms with Crippen LogP contribution >= 0.6 is 11.3 Å². The first-order chi connectivity index (χ1) is 12.2. The van der Waals surface area contributed by atoms with Crippen LogP contribution in [-0.2, 0) is 6.42 Å². The molecule has 1 aliphatic heterocycles. The SMILES string of the molecule is CNCCC1CCN(C(=O)c2csc(Cc3ccccc3F)n2)CC1. The van der Waals surface area contributed by atoms with Gasteiger partial charge in [-0.1, -0.05) is 18.2 Å². The van der Waals surface area contributed by atoms with E-state index in [0.717, 1.165) is 37.5 Å². The Bertz CT molecular complexity index is 710. The molecule has 1 saturated heterocycles. The summed E-state index contributed by atoms with van der Waals surface area (Å²) in [5, 5.41) is 5.76. The van der Waals surface area contributed by atoms with Crippen LogP contribution in [0.25, 0.3) is 0 Å². The number of carbonyl (C=O) groups excluding carboxylic acids is 1. The van der Waals surface area contributed by atoms with E-state index in [0.29, 0.717) is 23.6 Å². The predicted octanol–water partition coefficient (Wildman–Crippen LogP) is 3.33. The molecule has 25 heavy (non-hydrogen) atoms. The van der Waals surface area contributed by atoms with Crippen LogP contribution in [0.3, 0.4) is 0 Å². The van der Waals surface area contributed by atoms with E-state index in [4.69, 9.17) is 0 Å². The largest absolute Gasteiger partial charge is 0.337 e. The fourth-order valence-corrected chi connectivity index (χ4v) is 4.02. The molecule has 0 saturated carbocycles. The Morgan fingerprint density at radius 3 is 2.84 bits per heavy atom. The molecule has 4 nitrogen and oxygen atoms in total. The van der Waals surface area contributed by atoms with Gasteiger partial charge in [0.15, 0.2) is 0 Å². The third-order valence-electron chi connectivity index (χ3n) is 4.77. The van der Waals surface area contributed by atoms with Crippen LogP contribution in [0.1, 0.15) is 40.3 Å². The second-order valence-corrected chi connectivity index (χ2v) is 7.47. The van der Waals surface area contributed by atoms with Gasteiger partial charge >= 0.3 is 0 Å². The fourth-order valence-electron chi connectivity index (χ4n) is 3.23. The van der Waals surface area contributed by atoms with Crippen molar-refractivity contribution in [2.75, 3.05) is 26.7 Å². The van der Waals surface area contributed by atoms with Crippen molar-refractivity contribution in [1.82, 2.24) is 15.2 Å². The van der Waals surface area contributed by atoms with Gasteiger partial charge in [-0.2, -0.15) is 0 Å². The lowest BCUT2D eigenvalue weighted by Gasteiger charge is -2.31. The highest BCUT2D eigenvalue weighted by Crippen LogP contribution is 2.23. The Morgan fingerprint density at radius 1 is 1.36 bits per heavy atom. The smallest absolute Gasteiger partial charge is 0.273 e. The molecule has 0 atom stereocenters. The van der Waals surface area contributed by atoms with Crippen LogP contribution in [0.15, 0.2) is 29.6 Å². The van der Waals surface area contributed by atoms with E-state index in [9.17, 15) is 9.18 Å². The molecule has 6 heteroatoms. The summed E-state index contributed by atoms with van der Waals surface area (Å²) in [4.78, 5) is 19.0. The van der Waals surface area contributed by atoms with Gasteiger partial charge in [-0.15, -0.1) is 11.3 Å². The number of carbonyl (C=O) groups is 1. The first-order valence-electron chi connectivity index (χ1n) is 8.79. The third-order valence-corrected chi connectivity index (χ3v) is 5.62. The number of thiazole rings is 1. The summed E-state index contributed by atoms with van der Waals surface area (Å²) in [7, 11) is 1.97. The Balaban J connectivity index is 1.57. The summed E-state index contributed by atoms with van der Waals surface area (Å²) < 4.78 is 13.8. The van der Waals surface area contributed by atoms with Gasteiger partial charge in [0.25, 0.3) is 5.91 Å². The van der Waals surface area contributed by atoms with Crippen LogP contribution in [0, 0.1) is 11.7 Å². The summed E-state index contributed by atoms with van der Waals surface area (Å²) in [5.74, 6) is 0.473. The van der Waals surface area contributed by atoms with Crippen molar-refractivity contribution in [3.8, 4) is 0 Å². The van der Waals surface area contributed by atoms with Gasteiger partial charge in [0.05, 0.1) is 5.01 Å². The Kier molecular flexibility index (Phi) is 6.15. The van der Waals surface area contributed by atoms with Gasteiger partial charge in [-0.05, 0) is 50.4 Å². The van der Waals surface area contributed by atoms with Gasteiger partial charge in [0, 0.05) is 24.9 Å². The molecule has 1 aromatic carbocycles. The van der Waals surface area contributed by atoms with Gasteiger partial charge in [-0.3, -0.25) is 4.79 Å². The molecule has 0 radical (unpaired) electrons. The molecular weight excluding hydrogens is 337 g/mol. The maximum atomic E-state index is 13.8.